The summed E-state index contributed by atoms with van der Waals surface area (Å²) >= 11 is 1.72. The van der Waals surface area contributed by atoms with Crippen molar-refractivity contribution in [2.24, 2.45) is 11.7 Å². The first-order valence-electron chi connectivity index (χ1n) is 6.90. The number of benzene rings is 1. The zero-order chi connectivity index (χ0) is 13.7. The first kappa shape index (κ1) is 14.2. The van der Waals surface area contributed by atoms with Crippen LogP contribution >= 0.6 is 11.3 Å². The highest BCUT2D eigenvalue weighted by atomic mass is 32.1. The summed E-state index contributed by atoms with van der Waals surface area (Å²) in [5, 5.41) is 3.27. The quantitative estimate of drug-likeness (QED) is 0.860. The number of hydrogen-bond acceptors (Lipinski definition) is 3. The van der Waals surface area contributed by atoms with E-state index in [1.807, 2.05) is 18.2 Å². The molecular weight excluding hydrogens is 252 g/mol. The van der Waals surface area contributed by atoms with Crippen molar-refractivity contribution in [2.75, 3.05) is 0 Å². The molecule has 3 heteroatoms. The first-order chi connectivity index (χ1) is 9.15. The summed E-state index contributed by atoms with van der Waals surface area (Å²) in [6.45, 7) is 4.48. The van der Waals surface area contributed by atoms with Crippen LogP contribution in [0.5, 0.6) is 0 Å². The van der Waals surface area contributed by atoms with Crippen LogP contribution in [0.4, 0.5) is 0 Å². The Morgan fingerprint density at radius 1 is 1.16 bits per heavy atom. The van der Waals surface area contributed by atoms with Crippen molar-refractivity contribution in [3.8, 4) is 11.3 Å². The second kappa shape index (κ2) is 6.83. The molecule has 0 aliphatic carbocycles. The van der Waals surface area contributed by atoms with E-state index in [1.165, 1.54) is 12.0 Å². The van der Waals surface area contributed by atoms with Crippen molar-refractivity contribution >= 4 is 11.3 Å². The van der Waals surface area contributed by atoms with Gasteiger partial charge < -0.3 is 5.73 Å². The van der Waals surface area contributed by atoms with Crippen LogP contribution in [-0.4, -0.2) is 11.0 Å². The maximum atomic E-state index is 6.17. The standard InChI is InChI=1S/C16H22N2S/c1-12(2)8-9-14(17)10-16-18-15(11-19-16)13-6-4-3-5-7-13/h3-7,11-12,14H,8-10,17H2,1-2H3. The van der Waals surface area contributed by atoms with Crippen LogP contribution in [0.3, 0.4) is 0 Å². The average Bonchev–Trinajstić information content (AvgIpc) is 2.86. The Balaban J connectivity index is 1.94. The van der Waals surface area contributed by atoms with Gasteiger partial charge in [0.25, 0.3) is 0 Å². The summed E-state index contributed by atoms with van der Waals surface area (Å²) in [7, 11) is 0. The molecule has 1 aromatic heterocycles. The molecule has 2 nitrogen and oxygen atoms in total. The molecule has 19 heavy (non-hydrogen) atoms. The lowest BCUT2D eigenvalue weighted by molar-refractivity contribution is 0.494. The van der Waals surface area contributed by atoms with Gasteiger partial charge in [-0.05, 0) is 18.8 Å². The molecular formula is C16H22N2S. The molecule has 1 unspecified atom stereocenters. The molecule has 0 saturated heterocycles. The van der Waals surface area contributed by atoms with Gasteiger partial charge in [-0.2, -0.15) is 0 Å². The van der Waals surface area contributed by atoms with Crippen molar-refractivity contribution in [1.29, 1.82) is 0 Å². The highest BCUT2D eigenvalue weighted by Crippen LogP contribution is 2.22. The number of nitrogens with two attached hydrogens (primary N) is 1. The van der Waals surface area contributed by atoms with Gasteiger partial charge in [-0.1, -0.05) is 44.2 Å². The van der Waals surface area contributed by atoms with E-state index in [1.54, 1.807) is 11.3 Å². The third-order valence-electron chi connectivity index (χ3n) is 3.17. The third-order valence-corrected chi connectivity index (χ3v) is 4.04. The summed E-state index contributed by atoms with van der Waals surface area (Å²) in [5.41, 5.74) is 8.42. The Labute approximate surface area is 119 Å². The highest BCUT2D eigenvalue weighted by Gasteiger charge is 2.09. The third kappa shape index (κ3) is 4.44. The summed E-state index contributed by atoms with van der Waals surface area (Å²) in [6, 6.07) is 10.5. The molecule has 0 fully saturated rings. The van der Waals surface area contributed by atoms with Crippen LogP contribution in [0.25, 0.3) is 11.3 Å². The van der Waals surface area contributed by atoms with Crippen LogP contribution in [0.1, 0.15) is 31.7 Å². The largest absolute Gasteiger partial charge is 0.327 e. The molecule has 2 aromatic rings. The van der Waals surface area contributed by atoms with Crippen LogP contribution < -0.4 is 5.73 Å². The smallest absolute Gasteiger partial charge is 0.0948 e. The first-order valence-corrected chi connectivity index (χ1v) is 7.78. The number of aromatic nitrogens is 1. The predicted octanol–water partition coefficient (Wildman–Crippen LogP) is 4.12. The van der Waals surface area contributed by atoms with Gasteiger partial charge in [0.2, 0.25) is 0 Å². The van der Waals surface area contributed by atoms with Gasteiger partial charge in [-0.3, -0.25) is 0 Å². The fourth-order valence-electron chi connectivity index (χ4n) is 2.02. The molecule has 0 saturated carbocycles. The van der Waals surface area contributed by atoms with Crippen molar-refractivity contribution in [3.05, 3.63) is 40.7 Å². The summed E-state index contributed by atoms with van der Waals surface area (Å²) in [5.74, 6) is 0.724. The molecule has 1 heterocycles. The lowest BCUT2D eigenvalue weighted by Gasteiger charge is -2.11. The van der Waals surface area contributed by atoms with E-state index in [4.69, 9.17) is 5.73 Å². The monoisotopic (exact) mass is 274 g/mol. The number of rotatable bonds is 6. The van der Waals surface area contributed by atoms with Gasteiger partial charge in [0.15, 0.2) is 0 Å². The van der Waals surface area contributed by atoms with Crippen molar-refractivity contribution in [1.82, 2.24) is 4.98 Å². The lowest BCUT2D eigenvalue weighted by atomic mass is 10.0. The molecule has 0 bridgehead atoms. The molecule has 2 rings (SSSR count). The fraction of sp³-hybridized carbons (Fsp3) is 0.438. The van der Waals surface area contributed by atoms with Gasteiger partial charge in [0.05, 0.1) is 10.7 Å². The van der Waals surface area contributed by atoms with Crippen LogP contribution in [0.15, 0.2) is 35.7 Å². The van der Waals surface area contributed by atoms with E-state index in [0.717, 1.165) is 29.5 Å². The van der Waals surface area contributed by atoms with E-state index < -0.39 is 0 Å². The molecule has 0 radical (unpaired) electrons. The number of thiazole rings is 1. The second-order valence-electron chi connectivity index (χ2n) is 5.43. The average molecular weight is 274 g/mol. The molecule has 102 valence electrons. The molecule has 2 N–H and O–H groups in total. The highest BCUT2D eigenvalue weighted by molar-refractivity contribution is 7.09. The van der Waals surface area contributed by atoms with E-state index in [2.05, 4.69) is 36.3 Å². The van der Waals surface area contributed by atoms with E-state index >= 15 is 0 Å². The van der Waals surface area contributed by atoms with Crippen molar-refractivity contribution < 1.29 is 0 Å². The maximum absolute atomic E-state index is 6.17. The van der Waals surface area contributed by atoms with Gasteiger partial charge in [-0.25, -0.2) is 4.98 Å². The molecule has 1 aromatic carbocycles. The topological polar surface area (TPSA) is 38.9 Å². The van der Waals surface area contributed by atoms with Gasteiger partial charge >= 0.3 is 0 Å². The normalized spacial score (nSPS) is 12.8. The Morgan fingerprint density at radius 3 is 2.58 bits per heavy atom. The van der Waals surface area contributed by atoms with Crippen molar-refractivity contribution in [2.45, 2.75) is 39.2 Å². The lowest BCUT2D eigenvalue weighted by Crippen LogP contribution is -2.23. The van der Waals surface area contributed by atoms with Gasteiger partial charge in [0.1, 0.15) is 0 Å². The maximum Gasteiger partial charge on any atom is 0.0948 e. The van der Waals surface area contributed by atoms with Crippen LogP contribution in [0.2, 0.25) is 0 Å². The van der Waals surface area contributed by atoms with Gasteiger partial charge in [0, 0.05) is 23.4 Å². The Hall–Kier alpha value is -1.19. The van der Waals surface area contributed by atoms with E-state index in [9.17, 15) is 0 Å². The van der Waals surface area contributed by atoms with E-state index in [0.29, 0.717) is 0 Å². The zero-order valence-corrected chi connectivity index (χ0v) is 12.5. The SMILES string of the molecule is CC(C)CCC(N)Cc1nc(-c2ccccc2)cs1. The Morgan fingerprint density at radius 2 is 1.89 bits per heavy atom. The van der Waals surface area contributed by atoms with Crippen LogP contribution in [0, 0.1) is 5.92 Å². The molecule has 0 amide bonds. The minimum atomic E-state index is 0.233. The molecule has 0 aliphatic heterocycles. The minimum Gasteiger partial charge on any atom is -0.327 e. The molecule has 0 spiro atoms. The summed E-state index contributed by atoms with van der Waals surface area (Å²) < 4.78 is 0. The van der Waals surface area contributed by atoms with Gasteiger partial charge in [-0.15, -0.1) is 11.3 Å². The molecule has 1 atom stereocenters. The second-order valence-corrected chi connectivity index (χ2v) is 6.37. The summed E-state index contributed by atoms with van der Waals surface area (Å²) in [4.78, 5) is 4.69. The number of hydrogen-bond donors (Lipinski definition) is 1. The number of nitrogens with zero attached hydrogens (tertiary/aromatic N) is 1. The Bertz CT molecular complexity index is 490. The summed E-state index contributed by atoms with van der Waals surface area (Å²) in [6.07, 6.45) is 3.17. The van der Waals surface area contributed by atoms with E-state index in [-0.39, 0.29) is 6.04 Å². The molecule has 0 aliphatic rings. The predicted molar refractivity (Wildman–Crippen MR) is 83.3 cm³/mol. The van der Waals surface area contributed by atoms with Crippen molar-refractivity contribution in [3.63, 3.8) is 0 Å². The fourth-order valence-corrected chi connectivity index (χ4v) is 2.92. The minimum absolute atomic E-state index is 0.233. The Kier molecular flexibility index (Phi) is 5.11. The van der Waals surface area contributed by atoms with Crippen LogP contribution in [-0.2, 0) is 6.42 Å². The zero-order valence-electron chi connectivity index (χ0n) is 11.7.